The third-order valence-corrected chi connectivity index (χ3v) is 4.73. The van der Waals surface area contributed by atoms with Gasteiger partial charge in [-0.05, 0) is 48.5 Å². The van der Waals surface area contributed by atoms with Gasteiger partial charge in [0.15, 0.2) is 13.2 Å². The van der Waals surface area contributed by atoms with Crippen LogP contribution in [-0.4, -0.2) is 51.2 Å². The molecule has 0 aromatic heterocycles. The summed E-state index contributed by atoms with van der Waals surface area (Å²) >= 11 is 0. The van der Waals surface area contributed by atoms with Gasteiger partial charge in [0.1, 0.15) is 11.5 Å². The zero-order chi connectivity index (χ0) is 25.9. The first-order valence-corrected chi connectivity index (χ1v) is 10.7. The molecule has 2 N–H and O–H groups in total. The van der Waals surface area contributed by atoms with Crippen LogP contribution in [0.4, 0.5) is 11.4 Å². The summed E-state index contributed by atoms with van der Waals surface area (Å²) < 4.78 is 20.2. The van der Waals surface area contributed by atoms with Gasteiger partial charge in [-0.2, -0.15) is 0 Å². The summed E-state index contributed by atoms with van der Waals surface area (Å²) in [4.78, 5) is 48.5. The molecule has 0 aliphatic rings. The fourth-order valence-corrected chi connectivity index (χ4v) is 2.97. The van der Waals surface area contributed by atoms with E-state index in [1.807, 2.05) is 0 Å². The lowest BCUT2D eigenvalue weighted by molar-refractivity contribution is -0.119. The van der Waals surface area contributed by atoms with Crippen molar-refractivity contribution in [3.05, 3.63) is 83.9 Å². The Bertz CT molecular complexity index is 1140. The monoisotopic (exact) mass is 492 g/mol. The van der Waals surface area contributed by atoms with E-state index in [0.29, 0.717) is 22.9 Å². The smallest absolute Gasteiger partial charge is 0.338 e. The summed E-state index contributed by atoms with van der Waals surface area (Å²) in [5, 5.41) is 5.19. The number of anilines is 2. The summed E-state index contributed by atoms with van der Waals surface area (Å²) in [6, 6.07) is 18.9. The quantitative estimate of drug-likeness (QED) is 0.413. The van der Waals surface area contributed by atoms with Gasteiger partial charge in [0.05, 0.1) is 25.3 Å². The van der Waals surface area contributed by atoms with Crippen LogP contribution in [0.3, 0.4) is 0 Å². The van der Waals surface area contributed by atoms with Crippen LogP contribution in [0, 0.1) is 0 Å². The summed E-state index contributed by atoms with van der Waals surface area (Å²) in [5.41, 5.74) is 1.26. The standard InChI is InChI=1S/C26H24N2O8/c1-33-21-7-3-5-19(13-21)27-23(29)15-35-25(31)17-9-11-18(12-10-17)26(32)36-16-24(30)28-20-6-4-8-22(14-20)34-2/h3-14H,15-16H2,1-2H3,(H,27,29)(H,28,30). The molecule has 0 saturated heterocycles. The van der Waals surface area contributed by atoms with Crippen molar-refractivity contribution >= 4 is 35.1 Å². The van der Waals surface area contributed by atoms with E-state index in [1.54, 1.807) is 48.5 Å². The van der Waals surface area contributed by atoms with Gasteiger partial charge < -0.3 is 29.6 Å². The zero-order valence-electron chi connectivity index (χ0n) is 19.6. The van der Waals surface area contributed by atoms with Crippen molar-refractivity contribution in [3.8, 4) is 11.5 Å². The third kappa shape index (κ3) is 7.59. The number of carbonyl (C=O) groups is 4. The Morgan fingerprint density at radius 3 is 1.36 bits per heavy atom. The number of hydrogen-bond donors (Lipinski definition) is 2. The molecule has 3 aromatic carbocycles. The lowest BCUT2D eigenvalue weighted by atomic mass is 10.1. The van der Waals surface area contributed by atoms with Crippen molar-refractivity contribution in [2.45, 2.75) is 0 Å². The predicted octanol–water partition coefficient (Wildman–Crippen LogP) is 3.29. The molecule has 0 aliphatic carbocycles. The highest BCUT2D eigenvalue weighted by atomic mass is 16.5. The van der Waals surface area contributed by atoms with Crippen LogP contribution in [0.2, 0.25) is 0 Å². The highest BCUT2D eigenvalue weighted by Gasteiger charge is 2.14. The van der Waals surface area contributed by atoms with Crippen molar-refractivity contribution in [2.24, 2.45) is 0 Å². The molecule has 0 spiro atoms. The highest BCUT2D eigenvalue weighted by Crippen LogP contribution is 2.17. The Morgan fingerprint density at radius 2 is 1.00 bits per heavy atom. The van der Waals surface area contributed by atoms with Crippen LogP contribution >= 0.6 is 0 Å². The minimum Gasteiger partial charge on any atom is -0.497 e. The maximum Gasteiger partial charge on any atom is 0.338 e. The number of benzene rings is 3. The average molecular weight is 492 g/mol. The Morgan fingerprint density at radius 1 is 0.611 bits per heavy atom. The predicted molar refractivity (Wildman–Crippen MR) is 130 cm³/mol. The topological polar surface area (TPSA) is 129 Å². The number of ether oxygens (including phenoxy) is 4. The van der Waals surface area contributed by atoms with E-state index in [4.69, 9.17) is 18.9 Å². The Hall–Kier alpha value is -4.86. The van der Waals surface area contributed by atoms with E-state index in [0.717, 1.165) is 0 Å². The van der Waals surface area contributed by atoms with Gasteiger partial charge in [-0.25, -0.2) is 9.59 Å². The minimum atomic E-state index is -0.742. The van der Waals surface area contributed by atoms with Crippen molar-refractivity contribution in [1.29, 1.82) is 0 Å². The van der Waals surface area contributed by atoms with Crippen LogP contribution in [0.15, 0.2) is 72.8 Å². The van der Waals surface area contributed by atoms with Gasteiger partial charge >= 0.3 is 11.9 Å². The molecule has 186 valence electrons. The van der Waals surface area contributed by atoms with E-state index >= 15 is 0 Å². The molecule has 10 heteroatoms. The molecule has 10 nitrogen and oxygen atoms in total. The molecule has 0 bridgehead atoms. The molecule has 0 heterocycles. The lowest BCUT2D eigenvalue weighted by Gasteiger charge is -2.09. The van der Waals surface area contributed by atoms with Crippen molar-refractivity contribution in [3.63, 3.8) is 0 Å². The zero-order valence-corrected chi connectivity index (χ0v) is 19.6. The summed E-state index contributed by atoms with van der Waals surface area (Å²) in [7, 11) is 3.02. The molecular formula is C26H24N2O8. The summed E-state index contributed by atoms with van der Waals surface area (Å²) in [6.45, 7) is -0.996. The first kappa shape index (κ1) is 25.8. The van der Waals surface area contributed by atoms with Crippen LogP contribution in [-0.2, 0) is 19.1 Å². The van der Waals surface area contributed by atoms with E-state index in [9.17, 15) is 19.2 Å². The third-order valence-electron chi connectivity index (χ3n) is 4.73. The fraction of sp³-hybridized carbons (Fsp3) is 0.154. The van der Waals surface area contributed by atoms with Crippen LogP contribution in [0.25, 0.3) is 0 Å². The molecule has 0 unspecified atom stereocenters. The first-order valence-electron chi connectivity index (χ1n) is 10.7. The molecule has 0 aliphatic heterocycles. The molecule has 3 rings (SSSR count). The number of amides is 2. The van der Waals surface area contributed by atoms with E-state index in [-0.39, 0.29) is 11.1 Å². The molecule has 36 heavy (non-hydrogen) atoms. The molecule has 0 saturated carbocycles. The Labute approximate surface area is 207 Å². The number of rotatable bonds is 10. The maximum absolute atomic E-state index is 12.2. The molecule has 2 amide bonds. The highest BCUT2D eigenvalue weighted by molar-refractivity contribution is 5.97. The second-order valence-electron chi connectivity index (χ2n) is 7.29. The molecule has 0 fully saturated rings. The van der Waals surface area contributed by atoms with E-state index in [2.05, 4.69) is 10.6 Å². The number of hydrogen-bond acceptors (Lipinski definition) is 8. The first-order chi connectivity index (χ1) is 17.4. The number of esters is 2. The second-order valence-corrected chi connectivity index (χ2v) is 7.29. The summed E-state index contributed by atoms with van der Waals surface area (Å²) in [6.07, 6.45) is 0. The summed E-state index contributed by atoms with van der Waals surface area (Å²) in [5.74, 6) is -1.39. The Kier molecular flexibility index (Phi) is 8.99. The number of nitrogens with one attached hydrogen (secondary N) is 2. The molecule has 3 aromatic rings. The fourth-order valence-electron chi connectivity index (χ4n) is 2.97. The van der Waals surface area contributed by atoms with E-state index < -0.39 is 37.0 Å². The SMILES string of the molecule is COc1cccc(NC(=O)COC(=O)c2ccc(C(=O)OCC(=O)Nc3cccc(OC)c3)cc2)c1. The van der Waals surface area contributed by atoms with Gasteiger partial charge in [-0.3, -0.25) is 9.59 Å². The molecular weight excluding hydrogens is 468 g/mol. The van der Waals surface area contributed by atoms with Crippen molar-refractivity contribution < 1.29 is 38.1 Å². The van der Waals surface area contributed by atoms with Gasteiger partial charge in [-0.1, -0.05) is 12.1 Å². The van der Waals surface area contributed by atoms with Crippen molar-refractivity contribution in [1.82, 2.24) is 0 Å². The molecule has 0 radical (unpaired) electrons. The van der Waals surface area contributed by atoms with Gasteiger partial charge in [0.25, 0.3) is 11.8 Å². The van der Waals surface area contributed by atoms with Gasteiger partial charge in [0.2, 0.25) is 0 Å². The van der Waals surface area contributed by atoms with Crippen LogP contribution in [0.1, 0.15) is 20.7 Å². The second kappa shape index (κ2) is 12.6. The van der Waals surface area contributed by atoms with Crippen LogP contribution in [0.5, 0.6) is 11.5 Å². The van der Waals surface area contributed by atoms with Crippen molar-refractivity contribution in [2.75, 3.05) is 38.1 Å². The van der Waals surface area contributed by atoms with E-state index in [1.165, 1.54) is 38.5 Å². The average Bonchev–Trinajstić information content (AvgIpc) is 2.90. The normalized spacial score (nSPS) is 10.1. The number of methoxy groups -OCH3 is 2. The number of carbonyl (C=O) groups excluding carboxylic acids is 4. The van der Waals surface area contributed by atoms with Crippen LogP contribution < -0.4 is 20.1 Å². The molecule has 0 atom stereocenters. The Balaban J connectivity index is 1.44. The van der Waals surface area contributed by atoms with Gasteiger partial charge in [-0.15, -0.1) is 0 Å². The lowest BCUT2D eigenvalue weighted by Crippen LogP contribution is -2.21. The van der Waals surface area contributed by atoms with Gasteiger partial charge in [0, 0.05) is 23.5 Å². The maximum atomic E-state index is 12.2. The minimum absolute atomic E-state index is 0.136. The largest absolute Gasteiger partial charge is 0.497 e.